The number of carbonyl (C=O) groups is 1. The maximum absolute atomic E-state index is 12.7. The molecule has 1 rings (SSSR count). The molecule has 13 heteroatoms. The molecule has 0 aromatic carbocycles. The minimum atomic E-state index is -4.99. The van der Waals surface area contributed by atoms with Gasteiger partial charge in [0.05, 0.1) is 13.2 Å². The fourth-order valence-electron chi connectivity index (χ4n) is 6.06. The van der Waals surface area contributed by atoms with E-state index in [1.165, 1.54) is 89.9 Å². The van der Waals surface area contributed by atoms with Gasteiger partial charge in [-0.05, 0) is 12.8 Å². The lowest BCUT2D eigenvalue weighted by atomic mass is 9.85. The van der Waals surface area contributed by atoms with Crippen molar-refractivity contribution < 1.29 is 58.3 Å². The van der Waals surface area contributed by atoms with Crippen LogP contribution in [-0.2, 0) is 27.9 Å². The summed E-state index contributed by atoms with van der Waals surface area (Å²) < 4.78 is 33.9. The number of carbonyl (C=O) groups excluding carboxylic acids is 1. The predicted molar refractivity (Wildman–Crippen MR) is 189 cm³/mol. The summed E-state index contributed by atoms with van der Waals surface area (Å²) in [5.41, 5.74) is 0. The molecule has 12 nitrogen and oxygen atoms in total. The average Bonchev–Trinajstić information content (AvgIpc) is 3.08. The molecule has 1 aliphatic carbocycles. The van der Waals surface area contributed by atoms with Gasteiger partial charge in [-0.25, -0.2) is 4.57 Å². The van der Waals surface area contributed by atoms with E-state index in [1.54, 1.807) is 0 Å². The second-order valence-corrected chi connectivity index (χ2v) is 15.2. The van der Waals surface area contributed by atoms with Gasteiger partial charge >= 0.3 is 13.8 Å². The maximum Gasteiger partial charge on any atom is 0.472 e. The molecule has 1 saturated carbocycles. The number of hydrogen-bond donors (Lipinski definition) is 6. The second kappa shape index (κ2) is 28.9. The average molecular weight is 727 g/mol. The Hall–Kier alpha value is -0.660. The summed E-state index contributed by atoms with van der Waals surface area (Å²) in [6.45, 7) is 4.19. The molecule has 0 radical (unpaired) electrons. The van der Waals surface area contributed by atoms with Gasteiger partial charge in [0.1, 0.15) is 42.7 Å². The highest BCUT2D eigenvalue weighted by Crippen LogP contribution is 2.47. The molecule has 292 valence electrons. The summed E-state index contributed by atoms with van der Waals surface area (Å²) >= 11 is 0. The number of esters is 1. The van der Waals surface area contributed by atoms with Gasteiger partial charge in [-0.1, -0.05) is 142 Å². The van der Waals surface area contributed by atoms with Crippen molar-refractivity contribution in [2.24, 2.45) is 0 Å². The van der Waals surface area contributed by atoms with Crippen molar-refractivity contribution >= 4 is 13.8 Å². The zero-order valence-corrected chi connectivity index (χ0v) is 31.4. The van der Waals surface area contributed by atoms with Crippen molar-refractivity contribution in [1.29, 1.82) is 0 Å². The first-order chi connectivity index (χ1) is 23.5. The first-order valence-electron chi connectivity index (χ1n) is 19.4. The van der Waals surface area contributed by atoms with Crippen LogP contribution in [0.2, 0.25) is 0 Å². The number of unbranched alkanes of at least 4 members (excludes halogenated alkanes) is 20. The van der Waals surface area contributed by atoms with Crippen LogP contribution in [0.5, 0.6) is 0 Å². The maximum atomic E-state index is 12.7. The first kappa shape index (κ1) is 46.4. The van der Waals surface area contributed by atoms with Crippen LogP contribution in [0.25, 0.3) is 0 Å². The Morgan fingerprint density at radius 1 is 0.571 bits per heavy atom. The number of hydrogen-bond acceptors (Lipinski definition) is 11. The van der Waals surface area contributed by atoms with E-state index >= 15 is 0 Å². The van der Waals surface area contributed by atoms with Crippen molar-refractivity contribution in [3.05, 3.63) is 0 Å². The number of aliphatic hydroxyl groups is 5. The molecule has 0 spiro atoms. The van der Waals surface area contributed by atoms with Crippen molar-refractivity contribution in [3.63, 3.8) is 0 Å². The molecule has 6 atom stereocenters. The van der Waals surface area contributed by atoms with Gasteiger partial charge in [0.25, 0.3) is 0 Å². The van der Waals surface area contributed by atoms with E-state index in [-0.39, 0.29) is 13.0 Å². The summed E-state index contributed by atoms with van der Waals surface area (Å²) in [5.74, 6) is -0.482. The van der Waals surface area contributed by atoms with Crippen molar-refractivity contribution in [1.82, 2.24) is 0 Å². The third-order valence-electron chi connectivity index (χ3n) is 9.23. The molecule has 0 heterocycles. The van der Waals surface area contributed by atoms with E-state index in [0.717, 1.165) is 44.9 Å². The predicted octanol–water partition coefficient (Wildman–Crippen LogP) is 6.25. The lowest BCUT2D eigenvalue weighted by Gasteiger charge is -2.41. The fourth-order valence-corrected chi connectivity index (χ4v) is 7.03. The summed E-state index contributed by atoms with van der Waals surface area (Å²) in [6, 6.07) is 0. The molecule has 6 unspecified atom stereocenters. The molecule has 0 aliphatic heterocycles. The highest BCUT2D eigenvalue weighted by Gasteiger charge is 2.51. The Kier molecular flexibility index (Phi) is 27.3. The number of phosphoric acid groups is 1. The van der Waals surface area contributed by atoms with Crippen LogP contribution in [0.4, 0.5) is 0 Å². The SMILES string of the molecule is CCCCCCCCCCCCCCCCCOCC(COP(=O)(O)OC1C(O)C(O)C(O)C(O)C1O)OC(=O)CCCCCCCCC. The summed E-state index contributed by atoms with van der Waals surface area (Å²) in [6.07, 6.45) is 13.5. The summed E-state index contributed by atoms with van der Waals surface area (Å²) in [5, 5.41) is 49.8. The highest BCUT2D eigenvalue weighted by molar-refractivity contribution is 7.47. The third kappa shape index (κ3) is 22.1. The summed E-state index contributed by atoms with van der Waals surface area (Å²) in [7, 11) is -4.99. The van der Waals surface area contributed by atoms with Gasteiger partial charge in [-0.3, -0.25) is 13.8 Å². The number of ether oxygens (including phenoxy) is 2. The van der Waals surface area contributed by atoms with Gasteiger partial charge in [0, 0.05) is 13.0 Å². The van der Waals surface area contributed by atoms with E-state index in [2.05, 4.69) is 13.8 Å². The molecule has 6 N–H and O–H groups in total. The van der Waals surface area contributed by atoms with Crippen molar-refractivity contribution in [2.45, 2.75) is 204 Å². The fraction of sp³-hybridized carbons (Fsp3) is 0.972. The second-order valence-electron chi connectivity index (χ2n) is 13.8. The van der Waals surface area contributed by atoms with Gasteiger partial charge in [-0.15, -0.1) is 0 Å². The van der Waals surface area contributed by atoms with E-state index in [1.807, 2.05) is 0 Å². The number of rotatable bonds is 32. The van der Waals surface area contributed by atoms with Crippen LogP contribution < -0.4 is 0 Å². The molecule has 0 amide bonds. The molecule has 1 aliphatic rings. The van der Waals surface area contributed by atoms with Gasteiger partial charge in [-0.2, -0.15) is 0 Å². The monoisotopic (exact) mass is 726 g/mol. The molecule has 1 fully saturated rings. The van der Waals surface area contributed by atoms with E-state index in [0.29, 0.717) is 13.0 Å². The molecule has 0 aromatic heterocycles. The zero-order chi connectivity index (χ0) is 36.3. The Morgan fingerprint density at radius 2 is 0.959 bits per heavy atom. The Labute approximate surface area is 295 Å². The van der Waals surface area contributed by atoms with Crippen LogP contribution >= 0.6 is 7.82 Å². The van der Waals surface area contributed by atoms with Crippen LogP contribution in [0.15, 0.2) is 0 Å². The Bertz CT molecular complexity index is 833. The molecule has 0 saturated heterocycles. The molecule has 0 aromatic rings. The zero-order valence-electron chi connectivity index (χ0n) is 30.5. The van der Waals surface area contributed by atoms with Gasteiger partial charge in [0.2, 0.25) is 0 Å². The lowest BCUT2D eigenvalue weighted by Crippen LogP contribution is -2.64. The van der Waals surface area contributed by atoms with Crippen molar-refractivity contribution in [2.75, 3.05) is 19.8 Å². The topological polar surface area (TPSA) is 192 Å². The molecule has 49 heavy (non-hydrogen) atoms. The quantitative estimate of drug-likeness (QED) is 0.0260. The Morgan fingerprint density at radius 3 is 1.41 bits per heavy atom. The summed E-state index contributed by atoms with van der Waals surface area (Å²) in [4.78, 5) is 22.8. The smallest absolute Gasteiger partial charge is 0.457 e. The van der Waals surface area contributed by atoms with E-state index in [9.17, 15) is 39.8 Å². The third-order valence-corrected chi connectivity index (χ3v) is 10.2. The molecular formula is C36H71O12P. The molecule has 0 bridgehead atoms. The Balaban J connectivity index is 2.41. The van der Waals surface area contributed by atoms with Crippen LogP contribution in [0, 0.1) is 0 Å². The molecular weight excluding hydrogens is 655 g/mol. The van der Waals surface area contributed by atoms with Crippen molar-refractivity contribution in [3.8, 4) is 0 Å². The van der Waals surface area contributed by atoms with Gasteiger partial charge in [0.15, 0.2) is 0 Å². The van der Waals surface area contributed by atoms with Gasteiger partial charge < -0.3 is 39.9 Å². The highest BCUT2D eigenvalue weighted by atomic mass is 31.2. The normalized spacial score (nSPS) is 24.5. The van der Waals surface area contributed by atoms with Crippen LogP contribution in [-0.4, -0.2) is 98.9 Å². The lowest BCUT2D eigenvalue weighted by molar-refractivity contribution is -0.220. The van der Waals surface area contributed by atoms with Crippen LogP contribution in [0.1, 0.15) is 162 Å². The minimum Gasteiger partial charge on any atom is -0.457 e. The first-order valence-corrected chi connectivity index (χ1v) is 20.9. The number of phosphoric ester groups is 1. The number of aliphatic hydroxyl groups excluding tert-OH is 5. The van der Waals surface area contributed by atoms with Crippen LogP contribution in [0.3, 0.4) is 0 Å². The van der Waals surface area contributed by atoms with E-state index in [4.69, 9.17) is 18.5 Å². The minimum absolute atomic E-state index is 0.0698. The standard InChI is InChI=1S/C36H71O12P/c1-3-5-7-9-11-12-13-14-15-16-17-18-20-22-24-26-45-27-29(47-30(37)25-23-21-19-10-8-6-4-2)28-46-49(43,44)48-36-34(41)32(39)31(38)33(40)35(36)42/h29,31-36,38-42H,3-28H2,1-2H3,(H,43,44). The van der Waals surface area contributed by atoms with E-state index < -0.39 is 63.1 Å². The largest absolute Gasteiger partial charge is 0.472 e.